The van der Waals surface area contributed by atoms with E-state index in [1.54, 1.807) is 51.8 Å². The molecule has 6 rings (SSSR count). The summed E-state index contributed by atoms with van der Waals surface area (Å²) >= 11 is 0. The highest BCUT2D eigenvalue weighted by Crippen LogP contribution is 2.45. The van der Waals surface area contributed by atoms with Gasteiger partial charge in [-0.15, -0.1) is 0 Å². The lowest BCUT2D eigenvalue weighted by molar-refractivity contribution is -0.118. The van der Waals surface area contributed by atoms with Crippen molar-refractivity contribution >= 4 is 34.3 Å². The molecule has 2 aliphatic heterocycles. The number of benzene rings is 2. The number of aryl methyl sites for hydroxylation is 1. The molecule has 0 aliphatic carbocycles. The van der Waals surface area contributed by atoms with Crippen LogP contribution in [0.3, 0.4) is 0 Å². The quantitative estimate of drug-likeness (QED) is 0.257. The molecule has 0 unspecified atom stereocenters. The lowest BCUT2D eigenvalue weighted by atomic mass is 9.95. The highest BCUT2D eigenvalue weighted by molar-refractivity contribution is 6.11. The summed E-state index contributed by atoms with van der Waals surface area (Å²) in [6.07, 6.45) is 0.955. The van der Waals surface area contributed by atoms with Gasteiger partial charge in [0.1, 0.15) is 34.7 Å². The predicted molar refractivity (Wildman–Crippen MR) is 180 cm³/mol. The van der Waals surface area contributed by atoms with E-state index in [9.17, 15) is 14.4 Å². The van der Waals surface area contributed by atoms with E-state index < -0.39 is 63.8 Å². The number of carbonyl (C=O) groups excluding carboxylic acids is 2. The highest BCUT2D eigenvalue weighted by atomic mass is 19.1. The van der Waals surface area contributed by atoms with E-state index in [4.69, 9.17) is 9.47 Å². The number of hydrogen-bond acceptors (Lipinski definition) is 7. The largest absolute Gasteiger partial charge is 0.496 e. The Morgan fingerprint density at radius 3 is 2.41 bits per heavy atom. The van der Waals surface area contributed by atoms with Crippen molar-refractivity contribution in [2.45, 2.75) is 72.1 Å². The van der Waals surface area contributed by atoms with Gasteiger partial charge < -0.3 is 24.6 Å². The molecule has 258 valence electrons. The third-order valence-corrected chi connectivity index (χ3v) is 8.90. The second-order valence-electron chi connectivity index (χ2n) is 13.8. The third-order valence-electron chi connectivity index (χ3n) is 8.90. The van der Waals surface area contributed by atoms with Gasteiger partial charge in [0.05, 0.1) is 47.4 Å². The Morgan fingerprint density at radius 2 is 1.76 bits per heavy atom. The molecule has 49 heavy (non-hydrogen) atoms. The van der Waals surface area contributed by atoms with Gasteiger partial charge in [-0.2, -0.15) is 0 Å². The van der Waals surface area contributed by atoms with E-state index in [0.717, 1.165) is 16.7 Å². The molecule has 13 heteroatoms. The Kier molecular flexibility index (Phi) is 8.36. The van der Waals surface area contributed by atoms with Crippen molar-refractivity contribution in [3.05, 3.63) is 75.6 Å². The molecular weight excluding hydrogens is 639 g/mol. The molecule has 2 amide bonds. The molecule has 2 aliphatic rings. The van der Waals surface area contributed by atoms with Crippen LogP contribution in [0.4, 0.5) is 29.3 Å². The average molecular weight is 678 g/mol. The number of rotatable bonds is 4. The number of ether oxygens (including phenoxy) is 2. The zero-order chi connectivity index (χ0) is 35.7. The third kappa shape index (κ3) is 5.54. The number of fused-ring (bicyclic) bond motifs is 5. The predicted octanol–water partition coefficient (Wildman–Crippen LogP) is 6.68. The zero-order valence-corrected chi connectivity index (χ0v) is 28.6. The second-order valence-corrected chi connectivity index (χ2v) is 13.8. The van der Waals surface area contributed by atoms with Crippen LogP contribution in [-0.4, -0.2) is 64.3 Å². The molecule has 0 saturated carbocycles. The molecule has 4 heterocycles. The Morgan fingerprint density at radius 1 is 1.04 bits per heavy atom. The van der Waals surface area contributed by atoms with Crippen LogP contribution in [0.25, 0.3) is 27.7 Å². The summed E-state index contributed by atoms with van der Waals surface area (Å²) in [6.45, 7) is 12.3. The van der Waals surface area contributed by atoms with Crippen LogP contribution in [0.1, 0.15) is 58.7 Å². The van der Waals surface area contributed by atoms with Gasteiger partial charge in [0.25, 0.3) is 5.56 Å². The van der Waals surface area contributed by atoms with Crippen molar-refractivity contribution in [1.82, 2.24) is 14.5 Å². The first-order valence-corrected chi connectivity index (χ1v) is 16.0. The standard InChI is InChI=1S/C36H38F3N5O5/c1-17(2)28-30(18(3)12-13-40-28)44-31-20(14-22(38)26(27(31)39)25-21(37)10-9-11-24(25)48-8)32-29(34(44)46)41-33(45)23-16-42(19(4)15-43(23)32)35(47)49-36(5,6)7/h9-14,17,19,23H,15-16H2,1-8H3,(H,41,45)/t19-,23-/m1/s1. The summed E-state index contributed by atoms with van der Waals surface area (Å²) in [5, 5.41) is 2.66. The number of halogens is 3. The first kappa shape index (κ1) is 33.8. The van der Waals surface area contributed by atoms with Crippen LogP contribution >= 0.6 is 0 Å². The van der Waals surface area contributed by atoms with Crippen molar-refractivity contribution in [1.29, 1.82) is 0 Å². The first-order chi connectivity index (χ1) is 23.0. The normalized spacial score (nSPS) is 17.6. The first-order valence-electron chi connectivity index (χ1n) is 16.0. The van der Waals surface area contributed by atoms with Crippen molar-refractivity contribution in [2.24, 2.45) is 0 Å². The molecule has 4 aromatic rings. The van der Waals surface area contributed by atoms with Crippen LogP contribution in [0, 0.1) is 24.4 Å². The number of amides is 2. The number of aromatic nitrogens is 2. The summed E-state index contributed by atoms with van der Waals surface area (Å²) in [4.78, 5) is 49.1. The minimum Gasteiger partial charge on any atom is -0.496 e. The van der Waals surface area contributed by atoms with Gasteiger partial charge in [0, 0.05) is 24.2 Å². The van der Waals surface area contributed by atoms with Crippen LogP contribution in [0.15, 0.2) is 41.3 Å². The maximum Gasteiger partial charge on any atom is 0.410 e. The second kappa shape index (κ2) is 12.1. The number of piperazine rings is 1. The Bertz CT molecular complexity index is 2090. The van der Waals surface area contributed by atoms with E-state index in [0.29, 0.717) is 11.3 Å². The number of carbonyl (C=O) groups is 2. The molecule has 1 N–H and O–H groups in total. The lowest BCUT2D eigenvalue weighted by Crippen LogP contribution is -2.65. The van der Waals surface area contributed by atoms with Crippen LogP contribution in [0.5, 0.6) is 5.75 Å². The number of nitrogens with zero attached hydrogens (tertiary/aromatic N) is 4. The summed E-state index contributed by atoms with van der Waals surface area (Å²) in [5.41, 5.74) is -1.89. The summed E-state index contributed by atoms with van der Waals surface area (Å²) in [5.74, 6) is -4.15. The molecule has 1 fully saturated rings. The van der Waals surface area contributed by atoms with Gasteiger partial charge in [-0.3, -0.25) is 19.1 Å². The number of hydrogen-bond donors (Lipinski definition) is 1. The molecule has 2 aromatic heterocycles. The molecular formula is C36H38F3N5O5. The average Bonchev–Trinajstić information content (AvgIpc) is 3.01. The van der Waals surface area contributed by atoms with E-state index in [-0.39, 0.29) is 52.7 Å². The summed E-state index contributed by atoms with van der Waals surface area (Å²) in [7, 11) is 1.26. The highest BCUT2D eigenvalue weighted by Gasteiger charge is 2.45. The number of anilines is 2. The fourth-order valence-corrected chi connectivity index (χ4v) is 6.74. The Hall–Kier alpha value is -5.07. The number of nitrogens with one attached hydrogen (secondary N) is 1. The molecule has 10 nitrogen and oxygen atoms in total. The van der Waals surface area contributed by atoms with Crippen molar-refractivity contribution < 1.29 is 32.2 Å². The topological polar surface area (TPSA) is 106 Å². The smallest absolute Gasteiger partial charge is 0.410 e. The summed E-state index contributed by atoms with van der Waals surface area (Å²) < 4.78 is 61.2. The molecule has 1 saturated heterocycles. The van der Waals surface area contributed by atoms with Crippen molar-refractivity contribution in [3.63, 3.8) is 0 Å². The molecule has 0 spiro atoms. The lowest BCUT2D eigenvalue weighted by Gasteiger charge is -2.48. The van der Waals surface area contributed by atoms with E-state index in [1.165, 1.54) is 24.1 Å². The van der Waals surface area contributed by atoms with E-state index >= 15 is 13.2 Å². The van der Waals surface area contributed by atoms with Crippen LogP contribution in [0.2, 0.25) is 0 Å². The van der Waals surface area contributed by atoms with E-state index in [1.807, 2.05) is 13.8 Å². The van der Waals surface area contributed by atoms with Crippen molar-refractivity contribution in [3.8, 4) is 22.6 Å². The Balaban J connectivity index is 1.70. The maximum atomic E-state index is 17.4. The minimum atomic E-state index is -1.20. The molecule has 0 radical (unpaired) electrons. The number of methoxy groups -OCH3 is 1. The van der Waals surface area contributed by atoms with Crippen LogP contribution < -0.4 is 20.5 Å². The van der Waals surface area contributed by atoms with Crippen molar-refractivity contribution in [2.75, 3.05) is 30.4 Å². The van der Waals surface area contributed by atoms with Gasteiger partial charge in [0.2, 0.25) is 5.91 Å². The van der Waals surface area contributed by atoms with Gasteiger partial charge >= 0.3 is 6.09 Å². The molecule has 2 atom stereocenters. The number of pyridine rings is 2. The fourth-order valence-electron chi connectivity index (χ4n) is 6.74. The monoisotopic (exact) mass is 677 g/mol. The zero-order valence-electron chi connectivity index (χ0n) is 28.6. The SMILES string of the molecule is COc1cccc(F)c1-c1c(F)cc2c3c(c(=O)n(-c4c(C)ccnc4C(C)C)c2c1F)NC(=O)[C@H]1CN(C(=O)OC(C)(C)C)[C@H](C)CN31. The Labute approximate surface area is 281 Å². The minimum absolute atomic E-state index is 0.0375. The van der Waals surface area contributed by atoms with E-state index in [2.05, 4.69) is 10.3 Å². The summed E-state index contributed by atoms with van der Waals surface area (Å²) in [6, 6.07) is 4.98. The van der Waals surface area contributed by atoms with Gasteiger partial charge in [-0.25, -0.2) is 18.0 Å². The fraction of sp³-hybridized carbons (Fsp3) is 0.389. The molecule has 0 bridgehead atoms. The maximum absolute atomic E-state index is 17.4. The van der Waals surface area contributed by atoms with Gasteiger partial charge in [-0.05, 0) is 70.4 Å². The van der Waals surface area contributed by atoms with Gasteiger partial charge in [0.15, 0.2) is 5.82 Å². The van der Waals surface area contributed by atoms with Gasteiger partial charge in [-0.1, -0.05) is 19.9 Å². The molecule has 2 aromatic carbocycles. The van der Waals surface area contributed by atoms with Crippen LogP contribution in [-0.2, 0) is 9.53 Å².